The molecule has 0 aliphatic carbocycles. The molecule has 0 fully saturated rings. The highest BCUT2D eigenvalue weighted by Gasteiger charge is 2.22. The van der Waals surface area contributed by atoms with Crippen molar-refractivity contribution in [3.8, 4) is 0 Å². The van der Waals surface area contributed by atoms with Gasteiger partial charge in [-0.3, -0.25) is 4.79 Å². The molecule has 7 heteroatoms. The molecule has 0 saturated heterocycles. The van der Waals surface area contributed by atoms with Gasteiger partial charge >= 0.3 is 5.97 Å². The van der Waals surface area contributed by atoms with Crippen molar-refractivity contribution >= 4 is 22.8 Å². The number of fused-ring (bicyclic) bond motifs is 1. The first kappa shape index (κ1) is 16.0. The predicted molar refractivity (Wildman–Crippen MR) is 79.3 cm³/mol. The summed E-state index contributed by atoms with van der Waals surface area (Å²) in [6, 6.07) is 4.85. The van der Waals surface area contributed by atoms with Gasteiger partial charge in [0, 0.05) is 30.6 Å². The third-order valence-corrected chi connectivity index (χ3v) is 3.36. The topological polar surface area (TPSA) is 112 Å². The molecule has 2 atom stereocenters. The molecule has 0 bridgehead atoms. The molecule has 4 N–H and O–H groups in total. The Balaban J connectivity index is 2.34. The van der Waals surface area contributed by atoms with E-state index in [1.54, 1.807) is 18.3 Å². The zero-order valence-electron chi connectivity index (χ0n) is 12.3. The summed E-state index contributed by atoms with van der Waals surface area (Å²) in [5, 5.41) is 23.2. The van der Waals surface area contributed by atoms with E-state index in [0.29, 0.717) is 22.0 Å². The second-order valence-corrected chi connectivity index (χ2v) is 4.95. The van der Waals surface area contributed by atoms with Gasteiger partial charge in [-0.1, -0.05) is 0 Å². The van der Waals surface area contributed by atoms with Gasteiger partial charge in [-0.15, -0.1) is 0 Å². The molecular weight excluding hydrogens is 288 g/mol. The van der Waals surface area contributed by atoms with Crippen LogP contribution < -0.4 is 5.32 Å². The molecule has 1 amide bonds. The smallest absolute Gasteiger partial charge is 0.338 e. The Morgan fingerprint density at radius 1 is 1.36 bits per heavy atom. The molecule has 1 aromatic carbocycles. The highest BCUT2D eigenvalue weighted by Crippen LogP contribution is 2.26. The minimum Gasteiger partial charge on any atom is -0.465 e. The molecule has 2 unspecified atom stereocenters. The fraction of sp³-hybridized carbons (Fsp3) is 0.333. The molecule has 0 aliphatic rings. The lowest BCUT2D eigenvalue weighted by atomic mass is 9.99. The molecule has 0 saturated carbocycles. The van der Waals surface area contributed by atoms with E-state index in [1.165, 1.54) is 20.1 Å². The van der Waals surface area contributed by atoms with Gasteiger partial charge in [0.15, 0.2) is 0 Å². The first-order valence-corrected chi connectivity index (χ1v) is 6.74. The number of nitrogens with one attached hydrogen (secondary N) is 2. The summed E-state index contributed by atoms with van der Waals surface area (Å²) in [4.78, 5) is 25.7. The number of aliphatic hydroxyl groups excluding tert-OH is 2. The number of hydrogen-bond acceptors (Lipinski definition) is 5. The minimum atomic E-state index is -1.25. The summed E-state index contributed by atoms with van der Waals surface area (Å²) in [5.74, 6) is -0.837. The van der Waals surface area contributed by atoms with Gasteiger partial charge in [0.25, 0.3) is 0 Å². The van der Waals surface area contributed by atoms with Crippen molar-refractivity contribution in [2.75, 3.05) is 13.7 Å². The summed E-state index contributed by atoms with van der Waals surface area (Å²) in [5.41, 5.74) is 1.29. The van der Waals surface area contributed by atoms with Crippen molar-refractivity contribution in [2.45, 2.75) is 19.1 Å². The Labute approximate surface area is 126 Å². The molecule has 2 rings (SSSR count). The van der Waals surface area contributed by atoms with Gasteiger partial charge in [0.2, 0.25) is 5.91 Å². The van der Waals surface area contributed by atoms with Crippen LogP contribution in [0.5, 0.6) is 0 Å². The highest BCUT2D eigenvalue weighted by atomic mass is 16.5. The molecule has 0 radical (unpaired) electrons. The molecular formula is C15H18N2O5. The van der Waals surface area contributed by atoms with Crippen molar-refractivity contribution in [1.82, 2.24) is 10.3 Å². The maximum atomic E-state index is 11.8. The number of aromatic amines is 1. The monoisotopic (exact) mass is 306 g/mol. The number of aromatic nitrogens is 1. The van der Waals surface area contributed by atoms with E-state index < -0.39 is 18.2 Å². The molecule has 0 spiro atoms. The highest BCUT2D eigenvalue weighted by molar-refractivity contribution is 6.04. The van der Waals surface area contributed by atoms with Crippen molar-refractivity contribution < 1.29 is 24.5 Å². The summed E-state index contributed by atoms with van der Waals surface area (Å²) < 4.78 is 4.73. The van der Waals surface area contributed by atoms with Crippen LogP contribution in [0.25, 0.3) is 10.9 Å². The van der Waals surface area contributed by atoms with Crippen LogP contribution in [0.2, 0.25) is 0 Å². The van der Waals surface area contributed by atoms with Crippen LogP contribution in [0.1, 0.15) is 28.9 Å². The minimum absolute atomic E-state index is 0.0905. The third kappa shape index (κ3) is 3.26. The van der Waals surface area contributed by atoms with Crippen LogP contribution in [0, 0.1) is 0 Å². The van der Waals surface area contributed by atoms with E-state index in [4.69, 9.17) is 4.74 Å². The number of rotatable bonds is 5. The van der Waals surface area contributed by atoms with Gasteiger partial charge in [-0.25, -0.2) is 4.79 Å². The van der Waals surface area contributed by atoms with Crippen molar-refractivity contribution in [3.63, 3.8) is 0 Å². The third-order valence-electron chi connectivity index (χ3n) is 3.36. The summed E-state index contributed by atoms with van der Waals surface area (Å²) in [7, 11) is 1.27. The van der Waals surface area contributed by atoms with Crippen LogP contribution in [-0.2, 0) is 9.53 Å². The van der Waals surface area contributed by atoms with E-state index in [9.17, 15) is 19.8 Å². The largest absolute Gasteiger partial charge is 0.465 e. The molecule has 7 nitrogen and oxygen atoms in total. The molecule has 1 aromatic heterocycles. The Morgan fingerprint density at radius 2 is 2.09 bits per heavy atom. The number of amides is 1. The molecule has 118 valence electrons. The van der Waals surface area contributed by atoms with Crippen molar-refractivity contribution in [3.05, 3.63) is 35.5 Å². The SMILES string of the molecule is COC(=O)c1cc(C(O)C(O)CNC(C)=O)cc2[nH]ccc12. The van der Waals surface area contributed by atoms with Gasteiger partial charge in [-0.2, -0.15) is 0 Å². The molecule has 1 heterocycles. The van der Waals surface area contributed by atoms with Crippen LogP contribution in [0.15, 0.2) is 24.4 Å². The fourth-order valence-corrected chi connectivity index (χ4v) is 2.22. The average Bonchev–Trinajstić information content (AvgIpc) is 2.98. The normalized spacial score (nSPS) is 13.6. The summed E-state index contributed by atoms with van der Waals surface area (Å²) >= 11 is 0. The van der Waals surface area contributed by atoms with Crippen molar-refractivity contribution in [2.24, 2.45) is 0 Å². The van der Waals surface area contributed by atoms with E-state index in [0.717, 1.165) is 0 Å². The Kier molecular flexibility index (Phi) is 4.79. The Morgan fingerprint density at radius 3 is 2.73 bits per heavy atom. The number of methoxy groups -OCH3 is 1. The average molecular weight is 306 g/mol. The second-order valence-electron chi connectivity index (χ2n) is 4.95. The number of benzene rings is 1. The van der Waals surface area contributed by atoms with E-state index >= 15 is 0 Å². The number of H-pyrrole nitrogens is 1. The van der Waals surface area contributed by atoms with Crippen LogP contribution >= 0.6 is 0 Å². The maximum Gasteiger partial charge on any atom is 0.338 e. The Hall–Kier alpha value is -2.38. The maximum absolute atomic E-state index is 11.8. The van der Waals surface area contributed by atoms with Gasteiger partial charge in [-0.05, 0) is 23.8 Å². The van der Waals surface area contributed by atoms with E-state index in [1.807, 2.05) is 0 Å². The van der Waals surface area contributed by atoms with Crippen LogP contribution in [-0.4, -0.2) is 46.8 Å². The first-order valence-electron chi connectivity index (χ1n) is 6.74. The lowest BCUT2D eigenvalue weighted by Gasteiger charge is -2.19. The van der Waals surface area contributed by atoms with Crippen molar-refractivity contribution in [1.29, 1.82) is 0 Å². The van der Waals surface area contributed by atoms with Crippen LogP contribution in [0.4, 0.5) is 0 Å². The number of hydrogen-bond donors (Lipinski definition) is 4. The zero-order chi connectivity index (χ0) is 16.3. The first-order chi connectivity index (χ1) is 10.4. The number of carbonyl (C=O) groups is 2. The fourth-order valence-electron chi connectivity index (χ4n) is 2.22. The summed E-state index contributed by atoms with van der Waals surface area (Å²) in [6.45, 7) is 1.23. The Bertz CT molecular complexity index is 694. The predicted octanol–water partition coefficient (Wildman–Crippen LogP) is 0.485. The molecule has 2 aromatic rings. The lowest BCUT2D eigenvalue weighted by molar-refractivity contribution is -0.119. The van der Waals surface area contributed by atoms with E-state index in [-0.39, 0.29) is 12.5 Å². The quantitative estimate of drug-likeness (QED) is 0.601. The standard InChI is InChI=1S/C15H18N2O5/c1-8(18)17-7-13(19)14(20)9-5-11(15(21)22-2)10-3-4-16-12(10)6-9/h3-6,13-14,16,19-20H,7H2,1-2H3,(H,17,18). The summed E-state index contributed by atoms with van der Waals surface area (Å²) in [6.07, 6.45) is -0.772. The van der Waals surface area contributed by atoms with Crippen LogP contribution in [0.3, 0.4) is 0 Å². The number of ether oxygens (including phenoxy) is 1. The number of esters is 1. The number of carbonyl (C=O) groups excluding carboxylic acids is 2. The van der Waals surface area contributed by atoms with Gasteiger partial charge < -0.3 is 25.3 Å². The van der Waals surface area contributed by atoms with Gasteiger partial charge in [0.1, 0.15) is 12.2 Å². The van der Waals surface area contributed by atoms with Gasteiger partial charge in [0.05, 0.1) is 12.7 Å². The lowest BCUT2D eigenvalue weighted by Crippen LogP contribution is -2.34. The molecule has 22 heavy (non-hydrogen) atoms. The molecule has 0 aliphatic heterocycles. The van der Waals surface area contributed by atoms with E-state index in [2.05, 4.69) is 10.3 Å². The zero-order valence-corrected chi connectivity index (χ0v) is 12.3. The second kappa shape index (κ2) is 6.59. The number of aliphatic hydroxyl groups is 2.